The Kier molecular flexibility index (Phi) is 5.51. The lowest BCUT2D eigenvalue weighted by molar-refractivity contribution is 0.332. The highest BCUT2D eigenvalue weighted by Crippen LogP contribution is 2.22. The molecular weight excluding hydrogens is 288 g/mol. The lowest BCUT2D eigenvalue weighted by atomic mass is 10.0. The summed E-state index contributed by atoms with van der Waals surface area (Å²) in [6.45, 7) is 7.05. The van der Waals surface area contributed by atoms with E-state index in [1.54, 1.807) is 0 Å². The van der Waals surface area contributed by atoms with Gasteiger partial charge in [-0.15, -0.1) is 0 Å². The van der Waals surface area contributed by atoms with Crippen LogP contribution in [-0.2, 0) is 0 Å². The third-order valence-corrected chi connectivity index (χ3v) is 4.38. The summed E-state index contributed by atoms with van der Waals surface area (Å²) in [7, 11) is 0. The maximum Gasteiger partial charge on any atom is 0.0485 e. The zero-order valence-corrected chi connectivity index (χ0v) is 12.7. The van der Waals surface area contributed by atoms with Crippen molar-refractivity contribution in [1.82, 2.24) is 4.90 Å². The quantitative estimate of drug-likeness (QED) is 0.855. The highest BCUT2D eigenvalue weighted by molar-refractivity contribution is 9.10. The molecule has 0 aliphatic carbocycles. The second-order valence-electron chi connectivity index (χ2n) is 5.15. The maximum absolute atomic E-state index is 3.56. The predicted molar refractivity (Wildman–Crippen MR) is 82.1 cm³/mol. The van der Waals surface area contributed by atoms with Crippen molar-refractivity contribution in [2.75, 3.05) is 31.5 Å². The Morgan fingerprint density at radius 2 is 2.22 bits per heavy atom. The van der Waals surface area contributed by atoms with E-state index in [4.69, 9.17) is 0 Å². The van der Waals surface area contributed by atoms with Gasteiger partial charge in [-0.3, -0.25) is 0 Å². The summed E-state index contributed by atoms with van der Waals surface area (Å²) in [6, 6.07) is 8.31. The van der Waals surface area contributed by atoms with Crippen LogP contribution in [0.25, 0.3) is 0 Å². The van der Waals surface area contributed by atoms with Crippen LogP contribution in [0.15, 0.2) is 28.7 Å². The van der Waals surface area contributed by atoms with Gasteiger partial charge in [-0.1, -0.05) is 25.5 Å². The van der Waals surface area contributed by atoms with Crippen molar-refractivity contribution in [3.63, 3.8) is 0 Å². The van der Waals surface area contributed by atoms with Crippen molar-refractivity contribution >= 4 is 21.6 Å². The molecule has 2 rings (SSSR count). The molecule has 0 aromatic heterocycles. The van der Waals surface area contributed by atoms with Crippen LogP contribution in [0.4, 0.5) is 5.69 Å². The number of nitrogens with one attached hydrogen (secondary N) is 1. The SMILES string of the molecule is CCCC1CCN(CCNc2ccccc2Br)C1. The molecule has 3 heteroatoms. The van der Waals surface area contributed by atoms with Crippen LogP contribution in [0.1, 0.15) is 26.2 Å². The standard InChI is InChI=1S/C15H23BrN2/c1-2-5-13-8-10-18(12-13)11-9-17-15-7-4-3-6-14(15)16/h3-4,6-7,13,17H,2,5,8-12H2,1H3. The monoisotopic (exact) mass is 310 g/mol. The summed E-state index contributed by atoms with van der Waals surface area (Å²) in [6.07, 6.45) is 4.12. The molecule has 1 aromatic rings. The average Bonchev–Trinajstić information content (AvgIpc) is 2.80. The Morgan fingerprint density at radius 3 is 3.00 bits per heavy atom. The van der Waals surface area contributed by atoms with Crippen molar-refractivity contribution in [3.8, 4) is 0 Å². The molecule has 1 aromatic carbocycles. The fourth-order valence-corrected chi connectivity index (χ4v) is 3.14. The van der Waals surface area contributed by atoms with Gasteiger partial charge in [0.1, 0.15) is 0 Å². The van der Waals surface area contributed by atoms with Crippen LogP contribution in [0, 0.1) is 5.92 Å². The second-order valence-corrected chi connectivity index (χ2v) is 6.00. The topological polar surface area (TPSA) is 15.3 Å². The van der Waals surface area contributed by atoms with E-state index in [2.05, 4.69) is 51.3 Å². The Balaban J connectivity index is 1.69. The van der Waals surface area contributed by atoms with Gasteiger partial charge < -0.3 is 10.2 Å². The van der Waals surface area contributed by atoms with Gasteiger partial charge >= 0.3 is 0 Å². The second kappa shape index (κ2) is 7.15. The Morgan fingerprint density at radius 1 is 1.39 bits per heavy atom. The number of para-hydroxylation sites is 1. The molecule has 0 spiro atoms. The van der Waals surface area contributed by atoms with Crippen molar-refractivity contribution in [3.05, 3.63) is 28.7 Å². The number of anilines is 1. The number of nitrogens with zero attached hydrogens (tertiary/aromatic N) is 1. The molecule has 1 N–H and O–H groups in total. The van der Waals surface area contributed by atoms with E-state index in [0.29, 0.717) is 0 Å². The number of rotatable bonds is 6. The Labute approximate surface area is 119 Å². The van der Waals surface area contributed by atoms with Gasteiger partial charge in [0.25, 0.3) is 0 Å². The molecule has 1 heterocycles. The first-order valence-electron chi connectivity index (χ1n) is 7.00. The molecule has 0 amide bonds. The predicted octanol–water partition coefficient (Wildman–Crippen LogP) is 3.98. The fraction of sp³-hybridized carbons (Fsp3) is 0.600. The number of benzene rings is 1. The first-order valence-corrected chi connectivity index (χ1v) is 7.79. The van der Waals surface area contributed by atoms with E-state index < -0.39 is 0 Å². The molecule has 0 bridgehead atoms. The van der Waals surface area contributed by atoms with E-state index in [0.717, 1.165) is 23.5 Å². The summed E-state index contributed by atoms with van der Waals surface area (Å²) in [5.41, 5.74) is 1.20. The number of hydrogen-bond acceptors (Lipinski definition) is 2. The molecule has 1 saturated heterocycles. The fourth-order valence-electron chi connectivity index (χ4n) is 2.71. The summed E-state index contributed by atoms with van der Waals surface area (Å²) >= 11 is 3.56. The third kappa shape index (κ3) is 3.99. The summed E-state index contributed by atoms with van der Waals surface area (Å²) < 4.78 is 1.15. The van der Waals surface area contributed by atoms with Crippen LogP contribution in [0.5, 0.6) is 0 Å². The maximum atomic E-state index is 3.56. The Hall–Kier alpha value is -0.540. The van der Waals surface area contributed by atoms with Gasteiger partial charge in [0.05, 0.1) is 0 Å². The molecule has 1 aliphatic rings. The molecule has 1 atom stereocenters. The molecule has 0 radical (unpaired) electrons. The zero-order valence-electron chi connectivity index (χ0n) is 11.2. The molecule has 1 fully saturated rings. The van der Waals surface area contributed by atoms with Gasteiger partial charge in [0, 0.05) is 29.8 Å². The molecule has 0 saturated carbocycles. The van der Waals surface area contributed by atoms with E-state index in [1.807, 2.05) is 6.07 Å². The van der Waals surface area contributed by atoms with Crippen molar-refractivity contribution in [2.45, 2.75) is 26.2 Å². The molecule has 18 heavy (non-hydrogen) atoms. The number of likely N-dealkylation sites (tertiary alicyclic amines) is 1. The molecule has 2 nitrogen and oxygen atoms in total. The highest BCUT2D eigenvalue weighted by atomic mass is 79.9. The van der Waals surface area contributed by atoms with Gasteiger partial charge in [0.2, 0.25) is 0 Å². The summed E-state index contributed by atoms with van der Waals surface area (Å²) in [5, 5.41) is 3.50. The summed E-state index contributed by atoms with van der Waals surface area (Å²) in [4.78, 5) is 2.59. The first-order chi connectivity index (χ1) is 8.79. The largest absolute Gasteiger partial charge is 0.383 e. The van der Waals surface area contributed by atoms with Crippen LogP contribution >= 0.6 is 15.9 Å². The molecule has 100 valence electrons. The lowest BCUT2D eigenvalue weighted by Gasteiger charge is -2.17. The van der Waals surface area contributed by atoms with E-state index in [9.17, 15) is 0 Å². The minimum Gasteiger partial charge on any atom is -0.383 e. The van der Waals surface area contributed by atoms with Gasteiger partial charge in [-0.2, -0.15) is 0 Å². The number of halogens is 1. The first kappa shape index (κ1) is 13.9. The normalized spacial score (nSPS) is 20.2. The van der Waals surface area contributed by atoms with Gasteiger partial charge in [0.15, 0.2) is 0 Å². The number of hydrogen-bond donors (Lipinski definition) is 1. The van der Waals surface area contributed by atoms with Gasteiger partial charge in [-0.05, 0) is 53.4 Å². The molecule has 1 aliphatic heterocycles. The van der Waals surface area contributed by atoms with Gasteiger partial charge in [-0.25, -0.2) is 0 Å². The minimum absolute atomic E-state index is 0.943. The molecule has 1 unspecified atom stereocenters. The van der Waals surface area contributed by atoms with E-state index in [1.165, 1.54) is 38.0 Å². The Bertz CT molecular complexity index is 367. The van der Waals surface area contributed by atoms with Crippen LogP contribution in [0.2, 0.25) is 0 Å². The van der Waals surface area contributed by atoms with Crippen molar-refractivity contribution in [2.24, 2.45) is 5.92 Å². The molecular formula is C15H23BrN2. The smallest absolute Gasteiger partial charge is 0.0485 e. The van der Waals surface area contributed by atoms with E-state index >= 15 is 0 Å². The average molecular weight is 311 g/mol. The zero-order chi connectivity index (χ0) is 12.8. The van der Waals surface area contributed by atoms with Crippen LogP contribution in [-0.4, -0.2) is 31.1 Å². The third-order valence-electron chi connectivity index (χ3n) is 3.68. The van der Waals surface area contributed by atoms with Crippen LogP contribution in [0.3, 0.4) is 0 Å². The van der Waals surface area contributed by atoms with E-state index in [-0.39, 0.29) is 0 Å². The van der Waals surface area contributed by atoms with Crippen LogP contribution < -0.4 is 5.32 Å². The summed E-state index contributed by atoms with van der Waals surface area (Å²) in [5.74, 6) is 0.943. The van der Waals surface area contributed by atoms with Crippen molar-refractivity contribution < 1.29 is 0 Å². The minimum atomic E-state index is 0.943. The van der Waals surface area contributed by atoms with Crippen molar-refractivity contribution in [1.29, 1.82) is 0 Å². The lowest BCUT2D eigenvalue weighted by Crippen LogP contribution is -2.27. The highest BCUT2D eigenvalue weighted by Gasteiger charge is 2.20.